The van der Waals surface area contributed by atoms with Crippen molar-refractivity contribution in [1.82, 2.24) is 0 Å². The van der Waals surface area contributed by atoms with E-state index < -0.39 is 5.91 Å². The van der Waals surface area contributed by atoms with Crippen molar-refractivity contribution in [2.45, 2.75) is 32.7 Å². The van der Waals surface area contributed by atoms with E-state index in [1.165, 1.54) is 12.8 Å². The first-order chi connectivity index (χ1) is 8.49. The molecule has 1 aromatic rings. The molecule has 18 heavy (non-hydrogen) atoms. The van der Waals surface area contributed by atoms with Crippen molar-refractivity contribution >= 4 is 17.3 Å². The van der Waals surface area contributed by atoms with Gasteiger partial charge in [-0.2, -0.15) is 0 Å². The second-order valence-corrected chi connectivity index (χ2v) is 5.41. The van der Waals surface area contributed by atoms with E-state index in [1.54, 1.807) is 6.07 Å². The highest BCUT2D eigenvalue weighted by Crippen LogP contribution is 2.33. The van der Waals surface area contributed by atoms with Gasteiger partial charge in [0.15, 0.2) is 0 Å². The van der Waals surface area contributed by atoms with Gasteiger partial charge in [0.25, 0.3) is 5.91 Å². The minimum atomic E-state index is -0.463. The molecule has 0 aliphatic heterocycles. The smallest absolute Gasteiger partial charge is 0.250 e. The van der Waals surface area contributed by atoms with Gasteiger partial charge in [-0.3, -0.25) is 4.79 Å². The maximum atomic E-state index is 11.3. The van der Waals surface area contributed by atoms with Crippen LogP contribution in [0, 0.1) is 5.92 Å². The fourth-order valence-electron chi connectivity index (χ4n) is 2.18. The van der Waals surface area contributed by atoms with Crippen LogP contribution in [0.3, 0.4) is 0 Å². The van der Waals surface area contributed by atoms with Crippen LogP contribution in [0.2, 0.25) is 0 Å². The summed E-state index contributed by atoms with van der Waals surface area (Å²) < 4.78 is 0. The quantitative estimate of drug-likeness (QED) is 0.782. The van der Waals surface area contributed by atoms with Crippen LogP contribution in [0.1, 0.15) is 37.0 Å². The van der Waals surface area contributed by atoms with E-state index in [-0.39, 0.29) is 0 Å². The van der Waals surface area contributed by atoms with E-state index >= 15 is 0 Å². The average Bonchev–Trinajstić information content (AvgIpc) is 3.10. The Labute approximate surface area is 108 Å². The first-order valence-electron chi connectivity index (χ1n) is 6.45. The molecule has 4 heteroatoms. The third-order valence-corrected chi connectivity index (χ3v) is 3.18. The first kappa shape index (κ1) is 12.7. The van der Waals surface area contributed by atoms with Crippen LogP contribution in [0.5, 0.6) is 0 Å². The Hall–Kier alpha value is -1.71. The van der Waals surface area contributed by atoms with Crippen LogP contribution in [0.4, 0.5) is 11.4 Å². The molecule has 0 unspecified atom stereocenters. The fraction of sp³-hybridized carbons (Fsp3) is 0.500. The predicted octanol–water partition coefficient (Wildman–Crippen LogP) is 1.99. The van der Waals surface area contributed by atoms with Crippen molar-refractivity contribution in [1.29, 1.82) is 0 Å². The largest absolute Gasteiger partial charge is 0.398 e. The number of rotatable bonds is 5. The van der Waals surface area contributed by atoms with Crippen molar-refractivity contribution < 1.29 is 4.79 Å². The van der Waals surface area contributed by atoms with Gasteiger partial charge in [0.1, 0.15) is 0 Å². The molecule has 0 heterocycles. The zero-order chi connectivity index (χ0) is 13.3. The van der Waals surface area contributed by atoms with Gasteiger partial charge >= 0.3 is 0 Å². The Kier molecular flexibility index (Phi) is 3.45. The molecule has 0 atom stereocenters. The van der Waals surface area contributed by atoms with Gasteiger partial charge in [0.05, 0.1) is 5.56 Å². The van der Waals surface area contributed by atoms with Crippen molar-refractivity contribution in [3.05, 3.63) is 23.8 Å². The van der Waals surface area contributed by atoms with Gasteiger partial charge in [-0.05, 0) is 37.0 Å². The summed E-state index contributed by atoms with van der Waals surface area (Å²) in [5.41, 5.74) is 13.0. The molecule has 98 valence electrons. The van der Waals surface area contributed by atoms with E-state index in [0.29, 0.717) is 23.2 Å². The fourth-order valence-corrected chi connectivity index (χ4v) is 2.18. The summed E-state index contributed by atoms with van der Waals surface area (Å²) in [6.45, 7) is 5.39. The molecular formula is C14H21N3O. The van der Waals surface area contributed by atoms with E-state index in [9.17, 15) is 4.79 Å². The van der Waals surface area contributed by atoms with Crippen LogP contribution < -0.4 is 16.4 Å². The summed E-state index contributed by atoms with van der Waals surface area (Å²) in [7, 11) is 0. The number of anilines is 2. The van der Waals surface area contributed by atoms with Gasteiger partial charge in [-0.15, -0.1) is 0 Å². The minimum absolute atomic E-state index is 0.418. The van der Waals surface area contributed by atoms with Gasteiger partial charge in [0, 0.05) is 24.0 Å². The Bertz CT molecular complexity index is 452. The number of hydrogen-bond acceptors (Lipinski definition) is 3. The zero-order valence-corrected chi connectivity index (χ0v) is 11.0. The molecule has 1 aliphatic rings. The molecule has 1 fully saturated rings. The molecular weight excluding hydrogens is 226 g/mol. The number of carbonyl (C=O) groups excluding carboxylic acids is 1. The minimum Gasteiger partial charge on any atom is -0.398 e. The molecule has 1 aromatic carbocycles. The number of hydrogen-bond donors (Lipinski definition) is 2. The van der Waals surface area contributed by atoms with Crippen LogP contribution in [0.15, 0.2) is 18.2 Å². The highest BCUT2D eigenvalue weighted by atomic mass is 16.1. The van der Waals surface area contributed by atoms with Gasteiger partial charge in [0.2, 0.25) is 0 Å². The maximum absolute atomic E-state index is 11.3. The molecule has 4 N–H and O–H groups in total. The normalized spacial score (nSPS) is 14.8. The van der Waals surface area contributed by atoms with E-state index in [4.69, 9.17) is 11.5 Å². The predicted molar refractivity (Wildman–Crippen MR) is 74.6 cm³/mol. The van der Waals surface area contributed by atoms with Crippen LogP contribution >= 0.6 is 0 Å². The molecule has 0 bridgehead atoms. The third-order valence-electron chi connectivity index (χ3n) is 3.18. The lowest BCUT2D eigenvalue weighted by Crippen LogP contribution is -2.30. The molecule has 1 amide bonds. The third kappa shape index (κ3) is 2.75. The van der Waals surface area contributed by atoms with Crippen molar-refractivity contribution in [2.24, 2.45) is 11.7 Å². The molecule has 0 saturated heterocycles. The lowest BCUT2D eigenvalue weighted by Gasteiger charge is -2.27. The van der Waals surface area contributed by atoms with Crippen LogP contribution in [-0.4, -0.2) is 18.5 Å². The molecule has 0 radical (unpaired) electrons. The van der Waals surface area contributed by atoms with Crippen molar-refractivity contribution in [3.8, 4) is 0 Å². The Balaban J connectivity index is 2.29. The summed E-state index contributed by atoms with van der Waals surface area (Å²) in [6.07, 6.45) is 2.45. The zero-order valence-electron chi connectivity index (χ0n) is 11.0. The van der Waals surface area contributed by atoms with Crippen LogP contribution in [0.25, 0.3) is 0 Å². The van der Waals surface area contributed by atoms with Gasteiger partial charge in [-0.1, -0.05) is 13.8 Å². The summed E-state index contributed by atoms with van der Waals surface area (Å²) in [5.74, 6) is 0.120. The second kappa shape index (κ2) is 4.88. The van der Waals surface area contributed by atoms with Gasteiger partial charge < -0.3 is 16.4 Å². The van der Waals surface area contributed by atoms with Gasteiger partial charge in [-0.25, -0.2) is 0 Å². The second-order valence-electron chi connectivity index (χ2n) is 5.41. The number of nitrogens with two attached hydrogens (primary N) is 2. The summed E-state index contributed by atoms with van der Waals surface area (Å²) in [4.78, 5) is 13.7. The molecule has 0 spiro atoms. The summed E-state index contributed by atoms with van der Waals surface area (Å²) >= 11 is 0. The molecule has 1 saturated carbocycles. The summed E-state index contributed by atoms with van der Waals surface area (Å²) in [6, 6.07) is 6.17. The maximum Gasteiger partial charge on any atom is 0.250 e. The highest BCUT2D eigenvalue weighted by molar-refractivity contribution is 5.99. The summed E-state index contributed by atoms with van der Waals surface area (Å²) in [5, 5.41) is 0. The topological polar surface area (TPSA) is 72.3 Å². The van der Waals surface area contributed by atoms with E-state index in [1.807, 2.05) is 12.1 Å². The van der Waals surface area contributed by atoms with Crippen molar-refractivity contribution in [2.75, 3.05) is 17.2 Å². The first-order valence-corrected chi connectivity index (χ1v) is 6.45. The lowest BCUT2D eigenvalue weighted by molar-refractivity contribution is 0.100. The number of amides is 1. The number of nitrogens with zero attached hydrogens (tertiary/aromatic N) is 1. The standard InChI is InChI=1S/C14H21N3O/c1-9(2)8-17(10-3-4-10)11-5-6-13(15)12(7-11)14(16)18/h5-7,9-10H,3-4,8,15H2,1-2H3,(H2,16,18). The Morgan fingerprint density at radius 3 is 2.61 bits per heavy atom. The highest BCUT2D eigenvalue weighted by Gasteiger charge is 2.30. The van der Waals surface area contributed by atoms with E-state index in [2.05, 4.69) is 18.7 Å². The molecule has 4 nitrogen and oxygen atoms in total. The number of nitrogen functional groups attached to an aromatic ring is 1. The Morgan fingerprint density at radius 2 is 2.11 bits per heavy atom. The lowest BCUT2D eigenvalue weighted by atomic mass is 10.1. The molecule has 2 rings (SSSR count). The van der Waals surface area contributed by atoms with E-state index in [0.717, 1.165) is 12.2 Å². The number of primary amides is 1. The Morgan fingerprint density at radius 1 is 1.44 bits per heavy atom. The SMILES string of the molecule is CC(C)CN(c1ccc(N)c(C(N)=O)c1)C1CC1. The number of carbonyl (C=O) groups is 1. The molecule has 1 aliphatic carbocycles. The number of benzene rings is 1. The average molecular weight is 247 g/mol. The molecule has 0 aromatic heterocycles. The van der Waals surface area contributed by atoms with Crippen molar-refractivity contribution in [3.63, 3.8) is 0 Å². The monoisotopic (exact) mass is 247 g/mol. The van der Waals surface area contributed by atoms with Crippen LogP contribution in [-0.2, 0) is 0 Å².